The quantitative estimate of drug-likeness (QED) is 0.588. The predicted molar refractivity (Wildman–Crippen MR) is 68.3 cm³/mol. The van der Waals surface area contributed by atoms with E-state index >= 15 is 0 Å². The number of carbonyl (C=O) groups excluding carboxylic acids is 1. The molecule has 5 nitrogen and oxygen atoms in total. The summed E-state index contributed by atoms with van der Waals surface area (Å²) in [6, 6.07) is 1.55. The molecule has 1 saturated heterocycles. The van der Waals surface area contributed by atoms with Crippen molar-refractivity contribution in [3.05, 3.63) is 18.5 Å². The Morgan fingerprint density at radius 1 is 1.50 bits per heavy atom. The summed E-state index contributed by atoms with van der Waals surface area (Å²) in [6.45, 7) is 3.40. The molecule has 0 N–H and O–H groups in total. The first kappa shape index (κ1) is 12.8. The number of ether oxygens (including phenoxy) is 1. The first-order valence-corrected chi connectivity index (χ1v) is 6.53. The molecule has 1 aliphatic rings. The summed E-state index contributed by atoms with van der Waals surface area (Å²) in [5, 5.41) is 0. The maximum Gasteiger partial charge on any atom is 0.328 e. The summed E-state index contributed by atoms with van der Waals surface area (Å²) in [7, 11) is 0. The van der Waals surface area contributed by atoms with Crippen LogP contribution in [0, 0.1) is 0 Å². The van der Waals surface area contributed by atoms with Crippen molar-refractivity contribution in [3.8, 4) is 0 Å². The van der Waals surface area contributed by atoms with Crippen LogP contribution in [0.25, 0.3) is 0 Å². The van der Waals surface area contributed by atoms with Gasteiger partial charge in [0.2, 0.25) is 5.95 Å². The van der Waals surface area contributed by atoms with E-state index in [2.05, 4.69) is 16.9 Å². The average molecular weight is 249 g/mol. The fourth-order valence-corrected chi connectivity index (χ4v) is 2.10. The first-order chi connectivity index (χ1) is 8.83. The van der Waals surface area contributed by atoms with Crippen molar-refractivity contribution in [1.82, 2.24) is 9.97 Å². The van der Waals surface area contributed by atoms with E-state index in [1.54, 1.807) is 18.5 Å². The van der Waals surface area contributed by atoms with Gasteiger partial charge in [-0.05, 0) is 25.3 Å². The lowest BCUT2D eigenvalue weighted by Gasteiger charge is -2.22. The molecule has 0 aliphatic carbocycles. The monoisotopic (exact) mass is 249 g/mol. The van der Waals surface area contributed by atoms with Crippen LogP contribution in [-0.2, 0) is 9.53 Å². The van der Waals surface area contributed by atoms with Gasteiger partial charge in [0.1, 0.15) is 6.04 Å². The predicted octanol–water partition coefficient (Wildman–Crippen LogP) is 1.79. The van der Waals surface area contributed by atoms with Crippen molar-refractivity contribution in [2.24, 2.45) is 0 Å². The Morgan fingerprint density at radius 2 is 2.28 bits per heavy atom. The molecule has 1 fully saturated rings. The molecule has 2 heterocycles. The number of aromatic nitrogens is 2. The Labute approximate surface area is 107 Å². The van der Waals surface area contributed by atoms with Crippen LogP contribution in [0.3, 0.4) is 0 Å². The SMILES string of the molecule is CCCCOC(=O)C1CCCN1c1ncccn1. The zero-order valence-electron chi connectivity index (χ0n) is 10.7. The minimum absolute atomic E-state index is 0.145. The van der Waals surface area contributed by atoms with Gasteiger partial charge in [-0.1, -0.05) is 13.3 Å². The minimum atomic E-state index is -0.218. The van der Waals surface area contributed by atoms with Gasteiger partial charge in [-0.3, -0.25) is 0 Å². The second-order valence-corrected chi connectivity index (χ2v) is 4.42. The fourth-order valence-electron chi connectivity index (χ4n) is 2.10. The molecule has 1 aromatic rings. The van der Waals surface area contributed by atoms with Gasteiger partial charge in [0.05, 0.1) is 6.61 Å². The Kier molecular flexibility index (Phi) is 4.50. The summed E-state index contributed by atoms with van der Waals surface area (Å²) >= 11 is 0. The normalized spacial score (nSPS) is 18.9. The summed E-state index contributed by atoms with van der Waals surface area (Å²) in [6.07, 6.45) is 7.14. The Hall–Kier alpha value is -1.65. The molecule has 98 valence electrons. The third-order valence-corrected chi connectivity index (χ3v) is 3.08. The molecule has 0 saturated carbocycles. The molecule has 0 spiro atoms. The van der Waals surface area contributed by atoms with Crippen molar-refractivity contribution in [1.29, 1.82) is 0 Å². The number of rotatable bonds is 5. The zero-order valence-corrected chi connectivity index (χ0v) is 10.7. The number of hydrogen-bond acceptors (Lipinski definition) is 5. The second kappa shape index (κ2) is 6.33. The van der Waals surface area contributed by atoms with E-state index in [1.165, 1.54) is 0 Å². The van der Waals surface area contributed by atoms with Gasteiger partial charge in [-0.15, -0.1) is 0 Å². The Balaban J connectivity index is 1.97. The van der Waals surface area contributed by atoms with E-state index in [1.807, 2.05) is 4.90 Å². The van der Waals surface area contributed by atoms with Crippen molar-refractivity contribution in [2.75, 3.05) is 18.1 Å². The number of anilines is 1. The molecule has 0 bridgehead atoms. The molecule has 0 radical (unpaired) electrons. The van der Waals surface area contributed by atoms with Crippen LogP contribution in [0.5, 0.6) is 0 Å². The molecule has 5 heteroatoms. The number of esters is 1. The van der Waals surface area contributed by atoms with E-state index < -0.39 is 0 Å². The smallest absolute Gasteiger partial charge is 0.328 e. The molecule has 1 aromatic heterocycles. The van der Waals surface area contributed by atoms with Crippen molar-refractivity contribution in [2.45, 2.75) is 38.6 Å². The minimum Gasteiger partial charge on any atom is -0.464 e. The third-order valence-electron chi connectivity index (χ3n) is 3.08. The second-order valence-electron chi connectivity index (χ2n) is 4.42. The highest BCUT2D eigenvalue weighted by Crippen LogP contribution is 2.22. The molecule has 1 unspecified atom stereocenters. The highest BCUT2D eigenvalue weighted by atomic mass is 16.5. The number of hydrogen-bond donors (Lipinski definition) is 0. The average Bonchev–Trinajstić information content (AvgIpc) is 2.89. The van der Waals surface area contributed by atoms with Crippen LogP contribution >= 0.6 is 0 Å². The van der Waals surface area contributed by atoms with Gasteiger partial charge in [-0.25, -0.2) is 14.8 Å². The van der Waals surface area contributed by atoms with E-state index in [0.29, 0.717) is 12.6 Å². The highest BCUT2D eigenvalue weighted by Gasteiger charge is 2.33. The van der Waals surface area contributed by atoms with Crippen molar-refractivity contribution >= 4 is 11.9 Å². The lowest BCUT2D eigenvalue weighted by Crippen LogP contribution is -2.38. The largest absolute Gasteiger partial charge is 0.464 e. The maximum atomic E-state index is 12.0. The van der Waals surface area contributed by atoms with Crippen molar-refractivity contribution in [3.63, 3.8) is 0 Å². The van der Waals surface area contributed by atoms with Crippen LogP contribution in [0.2, 0.25) is 0 Å². The van der Waals surface area contributed by atoms with Crippen LogP contribution in [0.4, 0.5) is 5.95 Å². The number of unbranched alkanes of at least 4 members (excludes halogenated alkanes) is 1. The Morgan fingerprint density at radius 3 is 3.00 bits per heavy atom. The molecule has 1 atom stereocenters. The fraction of sp³-hybridized carbons (Fsp3) is 0.615. The van der Waals surface area contributed by atoms with E-state index in [-0.39, 0.29) is 12.0 Å². The van der Waals surface area contributed by atoms with E-state index in [9.17, 15) is 4.79 Å². The molecule has 18 heavy (non-hydrogen) atoms. The lowest BCUT2D eigenvalue weighted by atomic mass is 10.2. The Bertz CT molecular complexity index is 383. The topological polar surface area (TPSA) is 55.3 Å². The van der Waals surface area contributed by atoms with Gasteiger partial charge in [-0.2, -0.15) is 0 Å². The van der Waals surface area contributed by atoms with Gasteiger partial charge in [0, 0.05) is 18.9 Å². The van der Waals surface area contributed by atoms with Gasteiger partial charge < -0.3 is 9.64 Å². The molecular formula is C13H19N3O2. The standard InChI is InChI=1S/C13H19N3O2/c1-2-3-10-18-12(17)11-6-4-9-16(11)13-14-7-5-8-15-13/h5,7-8,11H,2-4,6,9-10H2,1H3. The van der Waals surface area contributed by atoms with Crippen LogP contribution in [-0.4, -0.2) is 35.1 Å². The molecular weight excluding hydrogens is 230 g/mol. The maximum absolute atomic E-state index is 12.0. The number of carbonyl (C=O) groups is 1. The summed E-state index contributed by atoms with van der Waals surface area (Å²) < 4.78 is 5.28. The lowest BCUT2D eigenvalue weighted by molar-refractivity contribution is -0.145. The van der Waals surface area contributed by atoms with E-state index in [0.717, 1.165) is 32.2 Å². The van der Waals surface area contributed by atoms with Gasteiger partial charge in [0.25, 0.3) is 0 Å². The summed E-state index contributed by atoms with van der Waals surface area (Å²) in [5.74, 6) is 0.473. The highest BCUT2D eigenvalue weighted by molar-refractivity contribution is 5.80. The zero-order chi connectivity index (χ0) is 12.8. The summed E-state index contributed by atoms with van der Waals surface area (Å²) in [4.78, 5) is 22.3. The molecule has 1 aliphatic heterocycles. The van der Waals surface area contributed by atoms with Gasteiger partial charge >= 0.3 is 5.97 Å². The first-order valence-electron chi connectivity index (χ1n) is 6.53. The molecule has 0 aromatic carbocycles. The molecule has 2 rings (SSSR count). The van der Waals surface area contributed by atoms with Crippen molar-refractivity contribution < 1.29 is 9.53 Å². The van der Waals surface area contributed by atoms with Crippen LogP contribution in [0.1, 0.15) is 32.6 Å². The van der Waals surface area contributed by atoms with Crippen LogP contribution in [0.15, 0.2) is 18.5 Å². The third kappa shape index (κ3) is 2.97. The van der Waals surface area contributed by atoms with Gasteiger partial charge in [0.15, 0.2) is 0 Å². The van der Waals surface area contributed by atoms with Crippen LogP contribution < -0.4 is 4.90 Å². The van der Waals surface area contributed by atoms with E-state index in [4.69, 9.17) is 4.74 Å². The molecule has 0 amide bonds. The summed E-state index contributed by atoms with van der Waals surface area (Å²) in [5.41, 5.74) is 0. The number of nitrogens with zero attached hydrogens (tertiary/aromatic N) is 3.